The van der Waals surface area contributed by atoms with Crippen molar-refractivity contribution in [3.05, 3.63) is 59.2 Å². The lowest BCUT2D eigenvalue weighted by atomic mass is 10.0. The van der Waals surface area contributed by atoms with Gasteiger partial charge in [-0.3, -0.25) is 9.59 Å². The number of alkyl halides is 3. The Hall–Kier alpha value is -2.48. The van der Waals surface area contributed by atoms with Gasteiger partial charge in [0.2, 0.25) is 11.8 Å². The molecule has 0 fully saturated rings. The van der Waals surface area contributed by atoms with Crippen LogP contribution in [-0.4, -0.2) is 17.1 Å². The number of hydrogen-bond donors (Lipinski definition) is 2. The molecule has 2 amide bonds. The fourth-order valence-corrected chi connectivity index (χ4v) is 3.90. The van der Waals surface area contributed by atoms with E-state index in [2.05, 4.69) is 10.6 Å². The molecule has 2 aromatic rings. The van der Waals surface area contributed by atoms with Crippen molar-refractivity contribution in [3.63, 3.8) is 0 Å². The van der Waals surface area contributed by atoms with Crippen LogP contribution in [0.5, 0.6) is 0 Å². The smallest absolute Gasteiger partial charge is 0.349 e. The first kappa shape index (κ1) is 24.8. The lowest BCUT2D eigenvalue weighted by Crippen LogP contribution is -2.30. The first-order chi connectivity index (χ1) is 14.5. The van der Waals surface area contributed by atoms with Crippen LogP contribution in [0.15, 0.2) is 47.4 Å². The Balaban J connectivity index is 2.23. The molecule has 0 aliphatic heterocycles. The Morgan fingerprint density at radius 3 is 2.29 bits per heavy atom. The molecule has 2 aromatic carbocycles. The summed E-state index contributed by atoms with van der Waals surface area (Å²) in [5.74, 6) is -0.951. The second kappa shape index (κ2) is 10.7. The number of thioether (sulfide) groups is 1. The van der Waals surface area contributed by atoms with Crippen molar-refractivity contribution < 1.29 is 22.8 Å². The van der Waals surface area contributed by atoms with E-state index >= 15 is 0 Å². The SMILES string of the molecule is CCC(C)Sc1ccc(NC(=O)CC(NC(C)=O)c2ccc(C)cc2)c(C(F)(F)F)c1. The van der Waals surface area contributed by atoms with Crippen molar-refractivity contribution in [2.24, 2.45) is 0 Å². The molecule has 0 radical (unpaired) electrons. The van der Waals surface area contributed by atoms with E-state index in [-0.39, 0.29) is 23.3 Å². The normalized spacial score (nSPS) is 13.4. The maximum absolute atomic E-state index is 13.6. The van der Waals surface area contributed by atoms with Crippen molar-refractivity contribution in [3.8, 4) is 0 Å². The average Bonchev–Trinajstić information content (AvgIpc) is 2.68. The molecule has 0 aromatic heterocycles. The van der Waals surface area contributed by atoms with Crippen molar-refractivity contribution in [2.45, 2.75) is 62.9 Å². The van der Waals surface area contributed by atoms with Gasteiger partial charge in [-0.25, -0.2) is 0 Å². The molecule has 31 heavy (non-hydrogen) atoms. The van der Waals surface area contributed by atoms with Crippen molar-refractivity contribution in [2.75, 3.05) is 5.32 Å². The van der Waals surface area contributed by atoms with E-state index < -0.39 is 23.7 Å². The highest BCUT2D eigenvalue weighted by Crippen LogP contribution is 2.38. The Kier molecular flexibility index (Phi) is 8.56. The van der Waals surface area contributed by atoms with Gasteiger partial charge in [0.25, 0.3) is 0 Å². The average molecular weight is 453 g/mol. The first-order valence-electron chi connectivity index (χ1n) is 10.0. The second-order valence-corrected chi connectivity index (χ2v) is 8.97. The summed E-state index contributed by atoms with van der Waals surface area (Å²) in [6.07, 6.45) is -3.97. The molecule has 2 N–H and O–H groups in total. The van der Waals surface area contributed by atoms with Crippen molar-refractivity contribution in [1.29, 1.82) is 0 Å². The summed E-state index contributed by atoms with van der Waals surface area (Å²) in [6, 6.07) is 10.5. The number of benzene rings is 2. The molecule has 0 bridgehead atoms. The molecule has 2 atom stereocenters. The van der Waals surface area contributed by atoms with Gasteiger partial charge in [-0.1, -0.05) is 43.7 Å². The maximum Gasteiger partial charge on any atom is 0.418 e. The number of carbonyl (C=O) groups excluding carboxylic acids is 2. The van der Waals surface area contributed by atoms with Gasteiger partial charge in [0.15, 0.2) is 0 Å². The van der Waals surface area contributed by atoms with Gasteiger partial charge in [-0.15, -0.1) is 11.8 Å². The number of hydrogen-bond acceptors (Lipinski definition) is 3. The summed E-state index contributed by atoms with van der Waals surface area (Å²) >= 11 is 1.36. The summed E-state index contributed by atoms with van der Waals surface area (Å²) in [4.78, 5) is 24.7. The van der Waals surface area contributed by atoms with Crippen LogP contribution in [0, 0.1) is 6.92 Å². The van der Waals surface area contributed by atoms with Crippen molar-refractivity contribution >= 4 is 29.3 Å². The maximum atomic E-state index is 13.6. The van der Waals surface area contributed by atoms with E-state index in [9.17, 15) is 22.8 Å². The largest absolute Gasteiger partial charge is 0.418 e. The molecule has 168 valence electrons. The van der Waals surface area contributed by atoms with E-state index in [4.69, 9.17) is 0 Å². The van der Waals surface area contributed by atoms with E-state index in [0.717, 1.165) is 18.1 Å². The van der Waals surface area contributed by atoms with Gasteiger partial charge in [-0.2, -0.15) is 13.2 Å². The minimum absolute atomic E-state index is 0.175. The summed E-state index contributed by atoms with van der Waals surface area (Å²) in [6.45, 7) is 7.15. The van der Waals surface area contributed by atoms with Crippen LogP contribution in [-0.2, 0) is 15.8 Å². The van der Waals surface area contributed by atoms with Crippen LogP contribution in [0.1, 0.15) is 56.3 Å². The Morgan fingerprint density at radius 1 is 1.10 bits per heavy atom. The van der Waals surface area contributed by atoms with Crippen LogP contribution >= 0.6 is 11.8 Å². The number of rotatable bonds is 8. The number of amides is 2. The number of carbonyl (C=O) groups is 2. The predicted molar refractivity (Wildman–Crippen MR) is 118 cm³/mol. The molecule has 4 nitrogen and oxygen atoms in total. The first-order valence-corrected chi connectivity index (χ1v) is 10.9. The van der Waals surface area contributed by atoms with Gasteiger partial charge < -0.3 is 10.6 Å². The van der Waals surface area contributed by atoms with Gasteiger partial charge in [0, 0.05) is 17.1 Å². The minimum Gasteiger partial charge on any atom is -0.349 e. The highest BCUT2D eigenvalue weighted by atomic mass is 32.2. The van der Waals surface area contributed by atoms with Crippen LogP contribution in [0.4, 0.5) is 18.9 Å². The zero-order chi connectivity index (χ0) is 23.2. The summed E-state index contributed by atoms with van der Waals surface area (Å²) < 4.78 is 40.9. The van der Waals surface area contributed by atoms with Crippen LogP contribution in [0.25, 0.3) is 0 Å². The molecule has 0 spiro atoms. The Bertz CT molecular complexity index is 914. The molecule has 8 heteroatoms. The molecule has 0 aliphatic rings. The standard InChI is InChI=1S/C23H27F3N2O2S/c1-5-15(3)31-18-10-11-20(19(12-18)23(24,25)26)28-22(30)13-21(27-16(4)29)17-8-6-14(2)7-9-17/h6-12,15,21H,5,13H2,1-4H3,(H,27,29)(H,28,30). The summed E-state index contributed by atoms with van der Waals surface area (Å²) in [5, 5.41) is 5.24. The number of anilines is 1. The van der Waals surface area contributed by atoms with E-state index in [0.29, 0.717) is 10.5 Å². The quantitative estimate of drug-likeness (QED) is 0.475. The fourth-order valence-electron chi connectivity index (χ4n) is 2.94. The number of halogens is 3. The van der Waals surface area contributed by atoms with E-state index in [1.165, 1.54) is 24.8 Å². The molecule has 2 rings (SSSR count). The van der Waals surface area contributed by atoms with Crippen LogP contribution in [0.2, 0.25) is 0 Å². The highest BCUT2D eigenvalue weighted by molar-refractivity contribution is 7.99. The molecule has 2 unspecified atom stereocenters. The Morgan fingerprint density at radius 2 is 1.74 bits per heavy atom. The second-order valence-electron chi connectivity index (χ2n) is 7.46. The Labute approximate surface area is 185 Å². The summed E-state index contributed by atoms with van der Waals surface area (Å²) in [7, 11) is 0. The number of nitrogens with one attached hydrogen (secondary N) is 2. The van der Waals surface area contributed by atoms with Crippen LogP contribution in [0.3, 0.4) is 0 Å². The third-order valence-corrected chi connectivity index (χ3v) is 5.99. The zero-order valence-corrected chi connectivity index (χ0v) is 18.8. The lowest BCUT2D eigenvalue weighted by molar-refractivity contribution is -0.137. The van der Waals surface area contributed by atoms with E-state index in [1.54, 1.807) is 18.2 Å². The van der Waals surface area contributed by atoms with Crippen LogP contribution < -0.4 is 10.6 Å². The molecule has 0 saturated carbocycles. The molecular formula is C23H27F3N2O2S. The summed E-state index contributed by atoms with van der Waals surface area (Å²) in [5.41, 5.74) is 0.532. The monoisotopic (exact) mass is 452 g/mol. The molecule has 0 heterocycles. The zero-order valence-electron chi connectivity index (χ0n) is 18.0. The third-order valence-electron chi connectivity index (χ3n) is 4.73. The van der Waals surface area contributed by atoms with Crippen molar-refractivity contribution in [1.82, 2.24) is 5.32 Å². The number of aryl methyl sites for hydroxylation is 1. The minimum atomic E-state index is -4.61. The van der Waals surface area contributed by atoms with Gasteiger partial charge in [0.1, 0.15) is 0 Å². The molecule has 0 aliphatic carbocycles. The predicted octanol–water partition coefficient (Wildman–Crippen LogP) is 6.11. The van der Waals surface area contributed by atoms with Gasteiger partial charge in [0.05, 0.1) is 23.7 Å². The molecule has 0 saturated heterocycles. The van der Waals surface area contributed by atoms with Gasteiger partial charge in [-0.05, 0) is 37.1 Å². The van der Waals surface area contributed by atoms with E-state index in [1.807, 2.05) is 32.9 Å². The third kappa shape index (κ3) is 7.61. The van der Waals surface area contributed by atoms with Gasteiger partial charge >= 0.3 is 6.18 Å². The fraction of sp³-hybridized carbons (Fsp3) is 0.391. The highest BCUT2D eigenvalue weighted by Gasteiger charge is 2.34. The lowest BCUT2D eigenvalue weighted by Gasteiger charge is -2.20. The molecular weight excluding hydrogens is 425 g/mol. The topological polar surface area (TPSA) is 58.2 Å².